The van der Waals surface area contributed by atoms with Gasteiger partial charge in [-0.15, -0.1) is 0 Å². The van der Waals surface area contributed by atoms with E-state index < -0.39 is 0 Å². The third-order valence-electron chi connectivity index (χ3n) is 7.55. The summed E-state index contributed by atoms with van der Waals surface area (Å²) in [7, 11) is 4.12. The molecule has 0 aromatic heterocycles. The minimum atomic E-state index is -0.161. The zero-order valence-corrected chi connectivity index (χ0v) is 24.4. The summed E-state index contributed by atoms with van der Waals surface area (Å²) >= 11 is 0. The fourth-order valence-corrected chi connectivity index (χ4v) is 5.27. The van der Waals surface area contributed by atoms with Crippen LogP contribution in [0.2, 0.25) is 0 Å². The first-order valence-electron chi connectivity index (χ1n) is 14.3. The summed E-state index contributed by atoms with van der Waals surface area (Å²) in [4.78, 5) is 14.1. The lowest BCUT2D eigenvalue weighted by Crippen LogP contribution is -2.28. The lowest BCUT2D eigenvalue weighted by atomic mass is 9.81. The topological polar surface area (TPSA) is 73.4 Å². The van der Waals surface area contributed by atoms with Crippen molar-refractivity contribution in [3.8, 4) is 0 Å². The molecule has 0 fully saturated rings. The minimum Gasteiger partial charge on any atom is -0.378 e. The first kappa shape index (κ1) is 29.1. The quantitative estimate of drug-likeness (QED) is 0.178. The van der Waals surface area contributed by atoms with Crippen LogP contribution >= 0.6 is 0 Å². The number of unbranched alkanes of at least 4 members (excludes halogenated alkanes) is 2. The first-order chi connectivity index (χ1) is 19.3. The predicted octanol–water partition coefficient (Wildman–Crippen LogP) is 6.22. The van der Waals surface area contributed by atoms with Gasteiger partial charge in [-0.05, 0) is 74.7 Å². The average molecular weight is 539 g/mol. The van der Waals surface area contributed by atoms with Gasteiger partial charge in [-0.3, -0.25) is 4.79 Å². The first-order valence-corrected chi connectivity index (χ1v) is 14.3. The van der Waals surface area contributed by atoms with Gasteiger partial charge in [-0.2, -0.15) is 4.58 Å². The van der Waals surface area contributed by atoms with E-state index >= 15 is 0 Å². The molecule has 0 radical (unpaired) electrons. The molecule has 4 N–H and O–H groups in total. The SMILES string of the molecule is CN(C)c1ccc(/C=C/C2=[N+](CCCCCC(=O)NCCN)c3ccc(Nc4ccccc4)cc3C2(C)C)cc1. The number of allylic oxidation sites excluding steroid dienone is 1. The number of rotatable bonds is 13. The fraction of sp³-hybridized carbons (Fsp3) is 0.353. The molecule has 210 valence electrons. The summed E-state index contributed by atoms with van der Waals surface area (Å²) in [6.45, 7) is 6.56. The number of para-hydroxylation sites is 1. The van der Waals surface area contributed by atoms with Gasteiger partial charge in [0.25, 0.3) is 0 Å². The largest absolute Gasteiger partial charge is 0.378 e. The molecule has 0 atom stereocenters. The van der Waals surface area contributed by atoms with Crippen molar-refractivity contribution >= 4 is 40.4 Å². The van der Waals surface area contributed by atoms with E-state index in [0.717, 1.165) is 37.2 Å². The number of amides is 1. The molecule has 1 heterocycles. The molecule has 1 aliphatic rings. The Kier molecular flexibility index (Phi) is 9.78. The monoisotopic (exact) mass is 538 g/mol. The second-order valence-electron chi connectivity index (χ2n) is 11.2. The number of anilines is 3. The standard InChI is InChI=1S/C34H43N5O/c1-34(2)30-25-28(37-27-11-7-5-8-12-27)17-20-31(30)39(24-10-6-9-13-33(40)36-23-22-35)32(34)21-16-26-14-18-29(19-15-26)38(3)4/h5,7-8,11-12,14-21,25,37H,6,9-10,13,22-24,35H2,1-4H3/p+1. The van der Waals surface area contributed by atoms with E-state index in [-0.39, 0.29) is 11.3 Å². The maximum atomic E-state index is 12.0. The van der Waals surface area contributed by atoms with E-state index in [1.54, 1.807) is 0 Å². The molecular formula is C34H44N5O+. The van der Waals surface area contributed by atoms with E-state index in [1.807, 2.05) is 18.2 Å². The van der Waals surface area contributed by atoms with Crippen molar-refractivity contribution in [1.29, 1.82) is 0 Å². The number of carbonyl (C=O) groups is 1. The Morgan fingerprint density at radius 1 is 0.925 bits per heavy atom. The number of benzene rings is 3. The molecule has 40 heavy (non-hydrogen) atoms. The molecule has 1 amide bonds. The number of hydrogen-bond acceptors (Lipinski definition) is 4. The Bertz CT molecular complexity index is 1340. The van der Waals surface area contributed by atoms with Crippen LogP contribution in [0.3, 0.4) is 0 Å². The van der Waals surface area contributed by atoms with Gasteiger partial charge in [0.05, 0.1) is 5.41 Å². The third-order valence-corrected chi connectivity index (χ3v) is 7.55. The highest BCUT2D eigenvalue weighted by molar-refractivity contribution is 6.05. The van der Waals surface area contributed by atoms with Crippen LogP contribution in [0.1, 0.15) is 50.7 Å². The number of nitrogens with zero attached hydrogens (tertiary/aromatic N) is 2. The lowest BCUT2D eigenvalue weighted by molar-refractivity contribution is -0.438. The van der Waals surface area contributed by atoms with E-state index in [9.17, 15) is 4.79 Å². The molecule has 6 nitrogen and oxygen atoms in total. The molecule has 3 aromatic rings. The van der Waals surface area contributed by atoms with E-state index in [1.165, 1.54) is 28.2 Å². The van der Waals surface area contributed by atoms with Crippen LogP contribution in [-0.2, 0) is 10.2 Å². The molecule has 0 spiro atoms. The van der Waals surface area contributed by atoms with Gasteiger partial charge in [0.1, 0.15) is 6.54 Å². The van der Waals surface area contributed by atoms with E-state index in [4.69, 9.17) is 5.73 Å². The molecule has 3 aromatic carbocycles. The van der Waals surface area contributed by atoms with Gasteiger partial charge < -0.3 is 21.3 Å². The zero-order chi connectivity index (χ0) is 28.5. The number of fused-ring (bicyclic) bond motifs is 1. The summed E-state index contributed by atoms with van der Waals surface area (Å²) in [5.74, 6) is 0.0898. The van der Waals surface area contributed by atoms with Gasteiger partial charge >= 0.3 is 0 Å². The van der Waals surface area contributed by atoms with Crippen LogP contribution in [0.5, 0.6) is 0 Å². The Balaban J connectivity index is 1.56. The van der Waals surface area contributed by atoms with E-state index in [2.05, 4.69) is 115 Å². The fourth-order valence-electron chi connectivity index (χ4n) is 5.27. The normalized spacial score (nSPS) is 13.9. The Labute approximate surface area is 239 Å². The van der Waals surface area contributed by atoms with E-state index in [0.29, 0.717) is 19.5 Å². The predicted molar refractivity (Wildman–Crippen MR) is 169 cm³/mol. The molecule has 0 aliphatic carbocycles. The molecule has 0 saturated carbocycles. The van der Waals surface area contributed by atoms with Gasteiger partial charge in [-0.1, -0.05) is 30.3 Å². The van der Waals surface area contributed by atoms with Crippen molar-refractivity contribution < 1.29 is 9.37 Å². The van der Waals surface area contributed by atoms with Crippen LogP contribution in [0.25, 0.3) is 6.08 Å². The smallest absolute Gasteiger partial charge is 0.220 e. The van der Waals surface area contributed by atoms with Crippen LogP contribution in [0, 0.1) is 0 Å². The van der Waals surface area contributed by atoms with Gasteiger partial charge in [-0.25, -0.2) is 0 Å². The minimum absolute atomic E-state index is 0.0898. The van der Waals surface area contributed by atoms with Crippen molar-refractivity contribution in [3.05, 3.63) is 90.0 Å². The number of hydrogen-bond donors (Lipinski definition) is 3. The lowest BCUT2D eigenvalue weighted by Gasteiger charge is -2.17. The van der Waals surface area contributed by atoms with Crippen molar-refractivity contribution in [3.63, 3.8) is 0 Å². The highest BCUT2D eigenvalue weighted by Gasteiger charge is 2.44. The summed E-state index contributed by atoms with van der Waals surface area (Å²) in [6.07, 6.45) is 7.95. The molecule has 0 bridgehead atoms. The van der Waals surface area contributed by atoms with Crippen molar-refractivity contribution in [1.82, 2.24) is 5.32 Å². The highest BCUT2D eigenvalue weighted by Crippen LogP contribution is 2.42. The average Bonchev–Trinajstić information content (AvgIpc) is 3.16. The van der Waals surface area contributed by atoms with Crippen molar-refractivity contribution in [2.24, 2.45) is 5.73 Å². The van der Waals surface area contributed by atoms with Gasteiger partial charge in [0, 0.05) is 74.8 Å². The molecule has 4 rings (SSSR count). The second kappa shape index (κ2) is 13.4. The van der Waals surface area contributed by atoms with Crippen LogP contribution in [0.15, 0.2) is 78.9 Å². The number of nitrogens with two attached hydrogens (primary N) is 1. The summed E-state index contributed by atoms with van der Waals surface area (Å²) in [5, 5.41) is 6.43. The molecular weight excluding hydrogens is 494 g/mol. The number of nitrogens with one attached hydrogen (secondary N) is 2. The van der Waals surface area contributed by atoms with Crippen LogP contribution in [0.4, 0.5) is 22.7 Å². The highest BCUT2D eigenvalue weighted by atomic mass is 16.1. The van der Waals surface area contributed by atoms with Crippen molar-refractivity contribution in [2.75, 3.05) is 43.9 Å². The third kappa shape index (κ3) is 7.19. The maximum absolute atomic E-state index is 12.0. The Hall–Kier alpha value is -3.90. The van der Waals surface area contributed by atoms with Gasteiger partial charge in [0.15, 0.2) is 5.71 Å². The maximum Gasteiger partial charge on any atom is 0.220 e. The molecule has 0 unspecified atom stereocenters. The Morgan fingerprint density at radius 3 is 2.38 bits per heavy atom. The second-order valence-corrected chi connectivity index (χ2v) is 11.2. The van der Waals surface area contributed by atoms with Crippen molar-refractivity contribution in [2.45, 2.75) is 44.9 Å². The molecule has 0 saturated heterocycles. The van der Waals surface area contributed by atoms with Crippen LogP contribution < -0.4 is 21.3 Å². The summed E-state index contributed by atoms with van der Waals surface area (Å²) in [6, 6.07) is 25.7. The van der Waals surface area contributed by atoms with Gasteiger partial charge in [0.2, 0.25) is 11.6 Å². The summed E-state index contributed by atoms with van der Waals surface area (Å²) < 4.78 is 2.47. The van der Waals surface area contributed by atoms with Crippen LogP contribution in [-0.4, -0.2) is 49.9 Å². The summed E-state index contributed by atoms with van der Waals surface area (Å²) in [5.41, 5.74) is 13.7. The number of carbonyl (C=O) groups excluding carboxylic acids is 1. The molecule has 1 aliphatic heterocycles. The Morgan fingerprint density at radius 2 is 1.68 bits per heavy atom. The molecule has 6 heteroatoms. The zero-order valence-electron chi connectivity index (χ0n) is 24.4.